The molecule has 0 spiro atoms. The molecule has 0 aliphatic carbocycles. The highest BCUT2D eigenvalue weighted by atomic mass is 32.2. The van der Waals surface area contributed by atoms with E-state index in [0.717, 1.165) is 18.2 Å². The normalized spacial score (nSPS) is 14.5. The lowest BCUT2D eigenvalue weighted by Gasteiger charge is -2.06. The van der Waals surface area contributed by atoms with Crippen LogP contribution in [-0.4, -0.2) is 32.7 Å². The number of benzene rings is 1. The molecular weight excluding hydrogens is 358 g/mol. The van der Waals surface area contributed by atoms with Crippen molar-refractivity contribution in [1.29, 1.82) is 0 Å². The van der Waals surface area contributed by atoms with Gasteiger partial charge >= 0.3 is 12.0 Å². The Morgan fingerprint density at radius 3 is 2.92 bits per heavy atom. The maximum Gasteiger partial charge on any atom is 0.586 e. The van der Waals surface area contributed by atoms with Crippen molar-refractivity contribution in [1.82, 2.24) is 14.8 Å². The van der Waals surface area contributed by atoms with Crippen molar-refractivity contribution in [3.05, 3.63) is 28.7 Å². The number of fused-ring (bicyclic) bond motifs is 1. The van der Waals surface area contributed by atoms with Crippen LogP contribution in [0.4, 0.5) is 14.5 Å². The summed E-state index contributed by atoms with van der Waals surface area (Å²) in [5, 5.41) is 9.17. The maximum absolute atomic E-state index is 13.0. The van der Waals surface area contributed by atoms with Gasteiger partial charge in [-0.2, -0.15) is 0 Å². The smallest absolute Gasteiger partial charge is 0.395 e. The average Bonchev–Trinajstić information content (AvgIpc) is 3.04. The number of thioether (sulfide) groups is 1. The number of carbonyl (C=O) groups excluding carboxylic acids is 1. The minimum atomic E-state index is -3.70. The summed E-state index contributed by atoms with van der Waals surface area (Å²) in [4.78, 5) is 23.6. The predicted molar refractivity (Wildman–Crippen MR) is 85.1 cm³/mol. The van der Waals surface area contributed by atoms with Crippen LogP contribution in [0.5, 0.6) is 11.5 Å². The zero-order valence-electron chi connectivity index (χ0n) is 13.0. The van der Waals surface area contributed by atoms with E-state index in [2.05, 4.69) is 25.0 Å². The number of amides is 1. The first-order valence-electron chi connectivity index (χ1n) is 7.35. The fourth-order valence-corrected chi connectivity index (χ4v) is 2.96. The van der Waals surface area contributed by atoms with Gasteiger partial charge in [0, 0.05) is 18.3 Å². The van der Waals surface area contributed by atoms with Gasteiger partial charge in [0.05, 0.1) is 5.75 Å². The standard InChI is InChI=1S/C14H14F2N4O4S/c1-2-5-20-12(22)18-19-13(20)25-7-11(21)17-8-3-4-9-10(6-8)24-14(15,16)23-9/h3-4,6H,2,5,7H2,1H3,(H,17,21)(H,18,22). The van der Waals surface area contributed by atoms with Gasteiger partial charge in [0.1, 0.15) is 0 Å². The second kappa shape index (κ2) is 6.75. The number of aromatic nitrogens is 3. The molecule has 1 aliphatic rings. The van der Waals surface area contributed by atoms with Gasteiger partial charge in [-0.3, -0.25) is 9.36 Å². The molecule has 0 fully saturated rings. The van der Waals surface area contributed by atoms with E-state index in [0.29, 0.717) is 17.4 Å². The van der Waals surface area contributed by atoms with Crippen LogP contribution < -0.4 is 20.5 Å². The van der Waals surface area contributed by atoms with Crippen LogP contribution in [0.2, 0.25) is 0 Å². The Bertz CT molecular complexity index is 852. The van der Waals surface area contributed by atoms with E-state index in [1.165, 1.54) is 22.8 Å². The molecule has 1 aliphatic heterocycles. The molecule has 0 saturated heterocycles. The molecule has 1 aromatic carbocycles. The van der Waals surface area contributed by atoms with E-state index < -0.39 is 6.29 Å². The third-order valence-electron chi connectivity index (χ3n) is 3.19. The molecule has 2 N–H and O–H groups in total. The summed E-state index contributed by atoms with van der Waals surface area (Å²) in [7, 11) is 0. The molecule has 2 aromatic rings. The van der Waals surface area contributed by atoms with Gasteiger partial charge in [-0.05, 0) is 18.6 Å². The maximum atomic E-state index is 13.0. The summed E-state index contributed by atoms with van der Waals surface area (Å²) in [6.45, 7) is 2.42. The molecular formula is C14H14F2N4O4S. The topological polar surface area (TPSA) is 98.2 Å². The second-order valence-corrected chi connectivity index (χ2v) is 6.07. The van der Waals surface area contributed by atoms with Gasteiger partial charge in [0.25, 0.3) is 0 Å². The van der Waals surface area contributed by atoms with Gasteiger partial charge in [0.15, 0.2) is 16.7 Å². The molecule has 3 rings (SSSR count). The number of halogens is 2. The van der Waals surface area contributed by atoms with Crippen LogP contribution >= 0.6 is 11.8 Å². The lowest BCUT2D eigenvalue weighted by molar-refractivity contribution is -0.286. The van der Waals surface area contributed by atoms with Crippen molar-refractivity contribution in [2.24, 2.45) is 0 Å². The molecule has 0 unspecified atom stereocenters. The van der Waals surface area contributed by atoms with Gasteiger partial charge in [-0.15, -0.1) is 13.9 Å². The van der Waals surface area contributed by atoms with Crippen LogP contribution in [0.25, 0.3) is 0 Å². The first-order valence-corrected chi connectivity index (χ1v) is 8.34. The summed E-state index contributed by atoms with van der Waals surface area (Å²) in [6.07, 6.45) is -2.95. The summed E-state index contributed by atoms with van der Waals surface area (Å²) >= 11 is 1.09. The van der Waals surface area contributed by atoms with Crippen molar-refractivity contribution < 1.29 is 23.0 Å². The summed E-state index contributed by atoms with van der Waals surface area (Å²) < 4.78 is 36.0. The Morgan fingerprint density at radius 2 is 2.16 bits per heavy atom. The van der Waals surface area contributed by atoms with E-state index in [1.807, 2.05) is 6.92 Å². The number of nitrogens with one attached hydrogen (secondary N) is 2. The van der Waals surface area contributed by atoms with Crippen LogP contribution in [0.3, 0.4) is 0 Å². The molecule has 2 heterocycles. The van der Waals surface area contributed by atoms with Crippen molar-refractivity contribution >= 4 is 23.4 Å². The average molecular weight is 372 g/mol. The SMILES string of the molecule is CCCn1c(SCC(=O)Nc2ccc3c(c2)OC(F)(F)O3)n[nH]c1=O. The third-order valence-corrected chi connectivity index (χ3v) is 4.16. The van der Waals surface area contributed by atoms with E-state index in [4.69, 9.17) is 0 Å². The van der Waals surface area contributed by atoms with Crippen LogP contribution in [0.1, 0.15) is 13.3 Å². The number of alkyl halides is 2. The van der Waals surface area contributed by atoms with E-state index in [-0.39, 0.29) is 28.8 Å². The number of H-pyrrole nitrogens is 1. The number of aromatic amines is 1. The number of ether oxygens (including phenoxy) is 2. The number of hydrogen-bond donors (Lipinski definition) is 2. The van der Waals surface area contributed by atoms with Crippen molar-refractivity contribution in [2.75, 3.05) is 11.1 Å². The van der Waals surface area contributed by atoms with Crippen LogP contribution in [-0.2, 0) is 11.3 Å². The van der Waals surface area contributed by atoms with Gasteiger partial charge in [0.2, 0.25) is 5.91 Å². The highest BCUT2D eigenvalue weighted by Crippen LogP contribution is 2.42. The number of hydrogen-bond acceptors (Lipinski definition) is 6. The molecule has 11 heteroatoms. The van der Waals surface area contributed by atoms with E-state index >= 15 is 0 Å². The van der Waals surface area contributed by atoms with Gasteiger partial charge < -0.3 is 14.8 Å². The fraction of sp³-hybridized carbons (Fsp3) is 0.357. The Balaban J connectivity index is 1.60. The number of rotatable bonds is 6. The minimum absolute atomic E-state index is 0.00138. The van der Waals surface area contributed by atoms with Crippen LogP contribution in [0.15, 0.2) is 28.2 Å². The second-order valence-electron chi connectivity index (χ2n) is 5.13. The van der Waals surface area contributed by atoms with E-state index in [9.17, 15) is 18.4 Å². The molecule has 0 saturated carbocycles. The van der Waals surface area contributed by atoms with Crippen molar-refractivity contribution in [3.63, 3.8) is 0 Å². The number of anilines is 1. The zero-order valence-corrected chi connectivity index (χ0v) is 13.9. The third kappa shape index (κ3) is 3.92. The van der Waals surface area contributed by atoms with Crippen LogP contribution in [0, 0.1) is 0 Å². The summed E-state index contributed by atoms with van der Waals surface area (Å²) in [6, 6.07) is 3.96. The lowest BCUT2D eigenvalue weighted by Crippen LogP contribution is -2.25. The number of carbonyl (C=O) groups is 1. The summed E-state index contributed by atoms with van der Waals surface area (Å²) in [5.41, 5.74) is -0.0416. The molecule has 0 radical (unpaired) electrons. The molecule has 1 aromatic heterocycles. The largest absolute Gasteiger partial charge is 0.586 e. The molecule has 8 nitrogen and oxygen atoms in total. The fourth-order valence-electron chi connectivity index (χ4n) is 2.19. The lowest BCUT2D eigenvalue weighted by atomic mass is 10.3. The minimum Gasteiger partial charge on any atom is -0.395 e. The Labute approximate surface area is 144 Å². The Hall–Kier alpha value is -2.56. The van der Waals surface area contributed by atoms with Crippen molar-refractivity contribution in [3.8, 4) is 11.5 Å². The first-order chi connectivity index (χ1) is 11.9. The molecule has 134 valence electrons. The first kappa shape index (κ1) is 17.3. The molecule has 0 atom stereocenters. The highest BCUT2D eigenvalue weighted by molar-refractivity contribution is 7.99. The summed E-state index contributed by atoms with van der Waals surface area (Å²) in [5.74, 6) is -0.635. The number of nitrogens with zero attached hydrogens (tertiary/aromatic N) is 2. The molecule has 25 heavy (non-hydrogen) atoms. The Morgan fingerprint density at radius 1 is 1.40 bits per heavy atom. The van der Waals surface area contributed by atoms with Gasteiger partial charge in [-0.1, -0.05) is 18.7 Å². The predicted octanol–water partition coefficient (Wildman–Crippen LogP) is 2.03. The van der Waals surface area contributed by atoms with Crippen molar-refractivity contribution in [2.45, 2.75) is 31.3 Å². The monoisotopic (exact) mass is 372 g/mol. The molecule has 1 amide bonds. The Kier molecular flexibility index (Phi) is 4.66. The molecule has 0 bridgehead atoms. The van der Waals surface area contributed by atoms with Gasteiger partial charge in [-0.25, -0.2) is 9.89 Å². The van der Waals surface area contributed by atoms with E-state index in [1.54, 1.807) is 0 Å². The zero-order chi connectivity index (χ0) is 18.0. The quantitative estimate of drug-likeness (QED) is 0.753. The highest BCUT2D eigenvalue weighted by Gasteiger charge is 2.43.